The number of unbranched alkanes of at least 4 members (excludes halogenated alkanes) is 2. The highest BCUT2D eigenvalue weighted by Crippen LogP contribution is 2.35. The van der Waals surface area contributed by atoms with Gasteiger partial charge in [0, 0.05) is 80.9 Å². The molecule has 3 aromatic heterocycles. The number of amidine groups is 1. The fourth-order valence-corrected chi connectivity index (χ4v) is 11.2. The van der Waals surface area contributed by atoms with Crippen LogP contribution in [0, 0.1) is 0 Å². The molecule has 20 N–H and O–H groups in total. The zero-order valence-corrected chi connectivity index (χ0v) is 47.3. The van der Waals surface area contributed by atoms with E-state index in [1.807, 2.05) is 5.38 Å². The minimum absolute atomic E-state index is 0.0445. The topological polar surface area (TPSA) is 486 Å². The molecule has 3 aromatic rings. The molecule has 4 fully saturated rings. The van der Waals surface area contributed by atoms with Gasteiger partial charge in [-0.2, -0.15) is 0 Å². The molecule has 32 heteroatoms. The average molecular weight is 1190 g/mol. The van der Waals surface area contributed by atoms with E-state index < -0.39 is 128 Å². The summed E-state index contributed by atoms with van der Waals surface area (Å²) in [7, 11) is 0. The van der Waals surface area contributed by atoms with Crippen LogP contribution in [0.5, 0.6) is 0 Å². The number of Topliss-reactive ketones (excluding diaryl/α,β-unsaturated/α-hetero) is 1. The first-order valence-electron chi connectivity index (χ1n) is 27.0. The average Bonchev–Trinajstić information content (AvgIpc) is 4.27. The highest BCUT2D eigenvalue weighted by molar-refractivity contribution is 7.14. The second-order valence-corrected chi connectivity index (χ2v) is 23.4. The number of nitrogens with zero attached hydrogens (tertiary/aromatic N) is 6. The van der Waals surface area contributed by atoms with Gasteiger partial charge in [0.05, 0.1) is 35.4 Å². The Balaban J connectivity index is 0.900. The zero-order chi connectivity index (χ0) is 58.9. The van der Waals surface area contributed by atoms with E-state index in [9.17, 15) is 45.0 Å². The van der Waals surface area contributed by atoms with E-state index in [0.29, 0.717) is 60.3 Å². The van der Waals surface area contributed by atoms with Crippen LogP contribution in [-0.4, -0.2) is 227 Å². The molecular weight excluding hydrogens is 1100 g/mol. The molecule has 0 aromatic carbocycles. The number of aliphatic imine (C=N–C) groups is 1. The predicted octanol–water partition coefficient (Wildman–Crippen LogP) is -4.04. The molecule has 1 aliphatic carbocycles. The van der Waals surface area contributed by atoms with Crippen molar-refractivity contribution in [2.24, 2.45) is 39.4 Å². The molecule has 0 radical (unpaired) electrons. The van der Waals surface area contributed by atoms with Crippen LogP contribution in [-0.2, 0) is 57.3 Å². The Labute approximate surface area is 475 Å². The number of aromatic nitrogens is 5. The number of carbonyl (C=O) groups excluding carboxylic acids is 3. The number of ketones is 1. The molecule has 3 aliphatic heterocycles. The van der Waals surface area contributed by atoms with Crippen molar-refractivity contribution in [1.82, 2.24) is 35.6 Å². The molecule has 0 spiro atoms. The first kappa shape index (κ1) is 64.3. The first-order valence-corrected chi connectivity index (χ1v) is 28.7. The van der Waals surface area contributed by atoms with E-state index in [0.717, 1.165) is 17.8 Å². The quantitative estimate of drug-likeness (QED) is 0.0176. The summed E-state index contributed by atoms with van der Waals surface area (Å²) in [6, 6.07) is -4.45. The highest BCUT2D eigenvalue weighted by Gasteiger charge is 2.54. The SMILES string of the molecule is CC(=NCCCCCC(=O)c1csc(-c2csc(CCNC(=O)CCc3cn(CC4OC(OC5C(O)C(N)CC(N)C5OC5OC(CN)C(O)C(O)C5N)C(O)C4OC4OC(CN)C(O)C(O)C4N)nn3)n2)n1)NC(=O)OC(C)(C)C. The third kappa shape index (κ3) is 17.0. The number of ether oxygens (including phenoxy) is 7. The van der Waals surface area contributed by atoms with E-state index in [-0.39, 0.29) is 50.6 Å². The Hall–Kier alpha value is -4.24. The third-order valence-corrected chi connectivity index (χ3v) is 15.8. The molecule has 2 amide bonds. The molecule has 3 saturated heterocycles. The number of rotatable bonds is 24. The lowest BCUT2D eigenvalue weighted by molar-refractivity contribution is -0.306. The third-order valence-electron chi connectivity index (χ3n) is 14.1. The summed E-state index contributed by atoms with van der Waals surface area (Å²) in [6.07, 6.45) is -16.4. The molecule has 19 unspecified atom stereocenters. The summed E-state index contributed by atoms with van der Waals surface area (Å²) in [6.45, 7) is 7.31. The van der Waals surface area contributed by atoms with Crippen molar-refractivity contribution < 1.29 is 78.2 Å². The van der Waals surface area contributed by atoms with Crippen molar-refractivity contribution in [3.05, 3.63) is 33.4 Å². The number of thiazole rings is 2. The van der Waals surface area contributed by atoms with Crippen molar-refractivity contribution in [1.29, 1.82) is 0 Å². The minimum Gasteiger partial charge on any atom is -0.444 e. The van der Waals surface area contributed by atoms with Crippen molar-refractivity contribution in [2.75, 3.05) is 26.2 Å². The van der Waals surface area contributed by atoms with E-state index >= 15 is 0 Å². The Bertz CT molecular complexity index is 2540. The lowest BCUT2D eigenvalue weighted by atomic mass is 9.84. The van der Waals surface area contributed by atoms with Crippen LogP contribution in [0.4, 0.5) is 4.79 Å². The standard InChI is InChI=1S/C49H80N14O16S2/c1-21(58-48(72)79-49(2,3)4)56-12-7-5-6-8-27(64)25-19-81-44(60-25)26-20-80-32(59-26)11-13-57-31(65)10-9-22-17-63(62-61-22)18-30-42(77-46-34(55)39(70)37(68)29(16-51)74-46)40(71)47(75-30)78-43-35(66)23(52)14-24(53)41(43)76-45-33(54)38(69)36(67)28(15-50)73-45/h17,19-20,23-24,28-30,33-43,45-47,66-71H,5-16,18,50-55H2,1-4H3,(H,57,65)(H,56,58,72). The molecule has 454 valence electrons. The normalized spacial score (nSPS) is 33.8. The Morgan fingerprint density at radius 3 is 2.05 bits per heavy atom. The van der Waals surface area contributed by atoms with Gasteiger partial charge in [-0.05, 0) is 47.0 Å². The van der Waals surface area contributed by atoms with Gasteiger partial charge in [0.25, 0.3) is 0 Å². The summed E-state index contributed by atoms with van der Waals surface area (Å²) in [5, 5.41) is 84.6. The van der Waals surface area contributed by atoms with Crippen molar-refractivity contribution in [2.45, 2.75) is 207 Å². The number of aliphatic hydroxyl groups is 6. The lowest BCUT2D eigenvalue weighted by Crippen LogP contribution is -2.68. The van der Waals surface area contributed by atoms with Crippen molar-refractivity contribution >= 4 is 46.3 Å². The second-order valence-electron chi connectivity index (χ2n) is 21.6. The second kappa shape index (κ2) is 29.0. The fraction of sp³-hybridized carbons (Fsp3) is 0.755. The van der Waals surface area contributed by atoms with Crippen LogP contribution in [0.25, 0.3) is 10.7 Å². The molecule has 81 heavy (non-hydrogen) atoms. The molecule has 7 rings (SSSR count). The monoisotopic (exact) mass is 1180 g/mol. The molecule has 1 saturated carbocycles. The fourth-order valence-electron chi connectivity index (χ4n) is 9.59. The Morgan fingerprint density at radius 2 is 1.40 bits per heavy atom. The molecule has 4 aliphatic rings. The number of hydrogen-bond donors (Lipinski definition) is 14. The Morgan fingerprint density at radius 1 is 0.753 bits per heavy atom. The predicted molar refractivity (Wildman–Crippen MR) is 290 cm³/mol. The number of aryl methyl sites for hydroxylation is 1. The van der Waals surface area contributed by atoms with Crippen molar-refractivity contribution in [3.63, 3.8) is 0 Å². The maximum absolute atomic E-state index is 13.0. The summed E-state index contributed by atoms with van der Waals surface area (Å²) >= 11 is 2.75. The molecule has 30 nitrogen and oxygen atoms in total. The van der Waals surface area contributed by atoms with Gasteiger partial charge in [-0.15, -0.1) is 27.8 Å². The van der Waals surface area contributed by atoms with Crippen LogP contribution < -0.4 is 45.0 Å². The summed E-state index contributed by atoms with van der Waals surface area (Å²) in [5.41, 5.74) is 37.7. The summed E-state index contributed by atoms with van der Waals surface area (Å²) in [4.78, 5) is 51.4. The highest BCUT2D eigenvalue weighted by atomic mass is 32.1. The number of aliphatic hydroxyl groups excluding tert-OH is 6. The van der Waals surface area contributed by atoms with Gasteiger partial charge in [0.2, 0.25) is 5.91 Å². The van der Waals surface area contributed by atoms with Gasteiger partial charge in [0.1, 0.15) is 95.0 Å². The number of nitrogens with two attached hydrogens (primary N) is 6. The van der Waals surface area contributed by atoms with E-state index in [1.54, 1.807) is 39.3 Å². The number of nitrogens with one attached hydrogen (secondary N) is 2. The van der Waals surface area contributed by atoms with Crippen LogP contribution in [0.3, 0.4) is 0 Å². The molecule has 19 atom stereocenters. The number of hydrogen-bond acceptors (Lipinski definition) is 29. The minimum atomic E-state index is -1.67. The van der Waals surface area contributed by atoms with Crippen LogP contribution >= 0.6 is 22.7 Å². The maximum Gasteiger partial charge on any atom is 0.413 e. The summed E-state index contributed by atoms with van der Waals surface area (Å²) < 4.78 is 43.2. The van der Waals surface area contributed by atoms with Gasteiger partial charge in [-0.1, -0.05) is 11.6 Å². The molecular formula is C49H80N14O16S2. The summed E-state index contributed by atoms with van der Waals surface area (Å²) in [5.74, 6) is 0.157. The van der Waals surface area contributed by atoms with E-state index in [4.69, 9.17) is 67.6 Å². The maximum atomic E-state index is 13.0. The van der Waals surface area contributed by atoms with Crippen LogP contribution in [0.2, 0.25) is 0 Å². The number of alkyl carbamates (subject to hydrolysis) is 1. The largest absolute Gasteiger partial charge is 0.444 e. The van der Waals surface area contributed by atoms with Gasteiger partial charge >= 0.3 is 6.09 Å². The number of amides is 2. The van der Waals surface area contributed by atoms with E-state index in [1.165, 1.54) is 27.4 Å². The first-order chi connectivity index (χ1) is 38.4. The molecule has 0 bridgehead atoms. The van der Waals surface area contributed by atoms with Gasteiger partial charge < -0.3 is 104 Å². The van der Waals surface area contributed by atoms with Crippen molar-refractivity contribution in [3.8, 4) is 10.7 Å². The van der Waals surface area contributed by atoms with Gasteiger partial charge in [-0.3, -0.25) is 19.9 Å². The lowest BCUT2D eigenvalue weighted by Gasteiger charge is -2.47. The van der Waals surface area contributed by atoms with Gasteiger partial charge in [-0.25, -0.2) is 19.4 Å². The zero-order valence-electron chi connectivity index (χ0n) is 45.6. The Kier molecular flexibility index (Phi) is 23.1. The van der Waals surface area contributed by atoms with Crippen LogP contribution in [0.1, 0.15) is 87.4 Å². The van der Waals surface area contributed by atoms with E-state index in [2.05, 4.69) is 35.9 Å². The van der Waals surface area contributed by atoms with Gasteiger partial charge in [0.15, 0.2) is 24.7 Å². The smallest absolute Gasteiger partial charge is 0.413 e. The molecule has 6 heterocycles. The number of carbonyl (C=O) groups is 3. The van der Waals surface area contributed by atoms with Crippen LogP contribution in [0.15, 0.2) is 21.9 Å².